The standard InChI is InChI=1S/C10H15IOTe/c1-4-12-9-5-7-10(8-6-9)13(2,3)11/h5-8H,4H2,1-3H3. The van der Waals surface area contributed by atoms with Gasteiger partial charge in [-0.05, 0) is 0 Å². The molecule has 1 nitrogen and oxygen atoms in total. The van der Waals surface area contributed by atoms with Crippen LogP contribution >= 0.6 is 18.7 Å². The summed E-state index contributed by atoms with van der Waals surface area (Å²) in [5, 5.41) is 0. The molecule has 1 rings (SSSR count). The first-order valence-corrected chi connectivity index (χ1v) is 16.8. The Morgan fingerprint density at radius 1 is 1.23 bits per heavy atom. The van der Waals surface area contributed by atoms with Crippen molar-refractivity contribution in [3.05, 3.63) is 24.3 Å². The molecule has 0 aliphatic carbocycles. The van der Waals surface area contributed by atoms with Crippen LogP contribution in [0, 0.1) is 0 Å². The average molecular weight is 406 g/mol. The zero-order chi connectivity index (χ0) is 9.90. The van der Waals surface area contributed by atoms with Crippen LogP contribution in [0.3, 0.4) is 0 Å². The van der Waals surface area contributed by atoms with Crippen LogP contribution in [0.4, 0.5) is 0 Å². The molecule has 1 aromatic carbocycles. The first kappa shape index (κ1) is 11.6. The van der Waals surface area contributed by atoms with Crippen LogP contribution in [-0.2, 0) is 0 Å². The number of ether oxygens (including phenoxy) is 1. The van der Waals surface area contributed by atoms with Crippen molar-refractivity contribution >= 4 is 36.5 Å². The number of rotatable bonds is 3. The van der Waals surface area contributed by atoms with Crippen molar-refractivity contribution in [3.63, 3.8) is 0 Å². The Labute approximate surface area is 93.9 Å². The van der Waals surface area contributed by atoms with Crippen molar-refractivity contribution in [2.45, 2.75) is 16.9 Å². The molecule has 1 aromatic rings. The summed E-state index contributed by atoms with van der Waals surface area (Å²) in [5.74, 6) is 0.981. The predicted molar refractivity (Wildman–Crippen MR) is 68.7 cm³/mol. The molecule has 0 spiro atoms. The molecule has 0 radical (unpaired) electrons. The van der Waals surface area contributed by atoms with E-state index in [-0.39, 0.29) is 0 Å². The summed E-state index contributed by atoms with van der Waals surface area (Å²) in [7, 11) is 0. The number of halogens is 1. The molecule has 0 saturated carbocycles. The first-order chi connectivity index (χ1) is 6.04. The van der Waals surface area contributed by atoms with E-state index in [1.165, 1.54) is 3.61 Å². The van der Waals surface area contributed by atoms with E-state index in [0.29, 0.717) is 0 Å². The van der Waals surface area contributed by atoms with Gasteiger partial charge in [-0.3, -0.25) is 0 Å². The molecule has 0 aliphatic heterocycles. The molecule has 0 N–H and O–H groups in total. The summed E-state index contributed by atoms with van der Waals surface area (Å²) in [6, 6.07) is 8.56. The first-order valence-electron chi connectivity index (χ1n) is 4.20. The second-order valence-electron chi connectivity index (χ2n) is 3.11. The van der Waals surface area contributed by atoms with Crippen LogP contribution in [-0.4, -0.2) is 20.8 Å². The van der Waals surface area contributed by atoms with Gasteiger partial charge in [-0.15, -0.1) is 0 Å². The summed E-state index contributed by atoms with van der Waals surface area (Å²) >= 11 is 0.959. The SMILES string of the molecule is CCOc1ccc([Te](C)(C)I)cc1. The second-order valence-corrected chi connectivity index (χ2v) is 26.1. The Kier molecular flexibility index (Phi) is 4.34. The molecule has 0 aromatic heterocycles. The summed E-state index contributed by atoms with van der Waals surface area (Å²) < 4.78 is 6.91. The van der Waals surface area contributed by atoms with Gasteiger partial charge in [0.2, 0.25) is 0 Å². The Morgan fingerprint density at radius 3 is 2.15 bits per heavy atom. The predicted octanol–water partition coefficient (Wildman–Crippen LogP) is 2.93. The zero-order valence-corrected chi connectivity index (χ0v) is 12.7. The second kappa shape index (κ2) is 4.86. The number of hydrogen-bond donors (Lipinski definition) is 0. The van der Waals surface area contributed by atoms with E-state index in [1.54, 1.807) is 0 Å². The molecular formula is C10H15IOTe. The van der Waals surface area contributed by atoms with Crippen LogP contribution < -0.4 is 8.35 Å². The normalized spacial score (nSPS) is 12.6. The minimum atomic E-state index is -1.67. The van der Waals surface area contributed by atoms with E-state index < -0.39 is 14.2 Å². The van der Waals surface area contributed by atoms with Gasteiger partial charge >= 0.3 is 94.8 Å². The van der Waals surface area contributed by atoms with Crippen molar-refractivity contribution in [3.8, 4) is 5.75 Å². The summed E-state index contributed by atoms with van der Waals surface area (Å²) in [6.45, 7) is 2.75. The molecule has 0 saturated heterocycles. The van der Waals surface area contributed by atoms with Crippen molar-refractivity contribution in [1.82, 2.24) is 0 Å². The van der Waals surface area contributed by atoms with Crippen molar-refractivity contribution in [2.75, 3.05) is 6.61 Å². The van der Waals surface area contributed by atoms with Crippen molar-refractivity contribution < 1.29 is 4.74 Å². The Morgan fingerprint density at radius 2 is 1.77 bits per heavy atom. The molecule has 74 valence electrons. The van der Waals surface area contributed by atoms with Crippen molar-refractivity contribution in [1.29, 1.82) is 0 Å². The van der Waals surface area contributed by atoms with E-state index in [1.807, 2.05) is 6.92 Å². The van der Waals surface area contributed by atoms with E-state index in [0.717, 1.165) is 12.4 Å². The van der Waals surface area contributed by atoms with Crippen LogP contribution in [0.25, 0.3) is 0 Å². The molecular weight excluding hydrogens is 391 g/mol. The summed E-state index contributed by atoms with van der Waals surface area (Å²) in [5.41, 5.74) is 0. The zero-order valence-electron chi connectivity index (χ0n) is 8.21. The molecule has 3 heteroatoms. The van der Waals surface area contributed by atoms with E-state index in [4.69, 9.17) is 4.74 Å². The number of hydrogen-bond acceptors (Lipinski definition) is 1. The fraction of sp³-hybridized carbons (Fsp3) is 0.400. The molecule has 0 amide bonds. The minimum absolute atomic E-state index is 0.745. The third-order valence-electron chi connectivity index (χ3n) is 1.70. The maximum absolute atomic E-state index is 5.39. The van der Waals surface area contributed by atoms with Crippen LogP contribution in [0.1, 0.15) is 6.92 Å². The Bertz CT molecular complexity index is 263. The molecule has 13 heavy (non-hydrogen) atoms. The average Bonchev–Trinajstić information content (AvgIpc) is 2.04. The summed E-state index contributed by atoms with van der Waals surface area (Å²) in [4.78, 5) is 4.78. The van der Waals surface area contributed by atoms with Gasteiger partial charge in [-0.1, -0.05) is 0 Å². The molecule has 0 unspecified atom stereocenters. The monoisotopic (exact) mass is 408 g/mol. The third kappa shape index (κ3) is 3.65. The Hall–Kier alpha value is 0.540. The van der Waals surface area contributed by atoms with Crippen LogP contribution in [0.2, 0.25) is 9.94 Å². The molecule has 0 fully saturated rings. The van der Waals surface area contributed by atoms with Gasteiger partial charge in [0.1, 0.15) is 0 Å². The molecule has 0 bridgehead atoms. The fourth-order valence-corrected chi connectivity index (χ4v) is 5.23. The fourth-order valence-electron chi connectivity index (χ4n) is 1.03. The molecule has 0 atom stereocenters. The topological polar surface area (TPSA) is 9.23 Å². The van der Waals surface area contributed by atoms with Crippen LogP contribution in [0.15, 0.2) is 24.3 Å². The summed E-state index contributed by atoms with van der Waals surface area (Å²) in [6.07, 6.45) is 0. The van der Waals surface area contributed by atoms with Gasteiger partial charge in [-0.25, -0.2) is 0 Å². The van der Waals surface area contributed by atoms with Gasteiger partial charge in [-0.2, -0.15) is 0 Å². The van der Waals surface area contributed by atoms with Gasteiger partial charge in [0.25, 0.3) is 0 Å². The van der Waals surface area contributed by atoms with Crippen LogP contribution in [0.5, 0.6) is 5.75 Å². The number of benzene rings is 1. The van der Waals surface area contributed by atoms with Gasteiger partial charge in [0.15, 0.2) is 0 Å². The van der Waals surface area contributed by atoms with Gasteiger partial charge < -0.3 is 0 Å². The van der Waals surface area contributed by atoms with E-state index in [9.17, 15) is 0 Å². The maximum atomic E-state index is 5.39. The van der Waals surface area contributed by atoms with E-state index in [2.05, 4.69) is 52.9 Å². The molecule has 0 aliphatic rings. The van der Waals surface area contributed by atoms with Gasteiger partial charge in [0, 0.05) is 0 Å². The Balaban J connectivity index is 2.81. The van der Waals surface area contributed by atoms with Gasteiger partial charge in [0.05, 0.1) is 0 Å². The van der Waals surface area contributed by atoms with Crippen molar-refractivity contribution in [2.24, 2.45) is 0 Å². The quantitative estimate of drug-likeness (QED) is 0.555. The molecule has 0 heterocycles. The van der Waals surface area contributed by atoms with E-state index >= 15 is 0 Å². The third-order valence-corrected chi connectivity index (χ3v) is 9.08.